The maximum atomic E-state index is 12.4. The van der Waals surface area contributed by atoms with Crippen molar-refractivity contribution in [1.29, 1.82) is 5.26 Å². The lowest BCUT2D eigenvalue weighted by atomic mass is 9.68. The van der Waals surface area contributed by atoms with Crippen LogP contribution in [0.1, 0.15) is 36.8 Å². The highest BCUT2D eigenvalue weighted by Crippen LogP contribution is 2.40. The van der Waals surface area contributed by atoms with E-state index in [1.165, 1.54) is 0 Å². The summed E-state index contributed by atoms with van der Waals surface area (Å²) in [6, 6.07) is 16.1. The standard InChI is InChI=1S/C23H27N3O2/c1-26-19-9-11-23(12-10-19,22(25)27)14-17-5-8-21(28-2)20(13-17)18-6-3-16(15-24)4-7-18/h3-8,13,19,26H,9-12,14H2,1-2H3,(H2,25,27). The minimum Gasteiger partial charge on any atom is -0.496 e. The van der Waals surface area contributed by atoms with Gasteiger partial charge in [-0.3, -0.25) is 4.79 Å². The van der Waals surface area contributed by atoms with Gasteiger partial charge in [-0.2, -0.15) is 5.26 Å². The van der Waals surface area contributed by atoms with Gasteiger partial charge in [0.2, 0.25) is 5.91 Å². The normalized spacial score (nSPS) is 21.7. The van der Waals surface area contributed by atoms with Crippen LogP contribution in [0.2, 0.25) is 0 Å². The van der Waals surface area contributed by atoms with Gasteiger partial charge >= 0.3 is 0 Å². The van der Waals surface area contributed by atoms with Gasteiger partial charge in [-0.25, -0.2) is 0 Å². The van der Waals surface area contributed by atoms with E-state index >= 15 is 0 Å². The molecule has 1 fully saturated rings. The second-order valence-electron chi connectivity index (χ2n) is 7.61. The molecule has 2 aromatic rings. The summed E-state index contributed by atoms with van der Waals surface area (Å²) in [5, 5.41) is 12.3. The van der Waals surface area contributed by atoms with Gasteiger partial charge in [0.1, 0.15) is 5.75 Å². The molecule has 0 unspecified atom stereocenters. The molecule has 1 amide bonds. The molecule has 0 atom stereocenters. The van der Waals surface area contributed by atoms with Crippen molar-refractivity contribution in [1.82, 2.24) is 5.32 Å². The number of ether oxygens (including phenoxy) is 1. The highest BCUT2D eigenvalue weighted by Gasteiger charge is 2.40. The first-order valence-electron chi connectivity index (χ1n) is 9.66. The molecule has 28 heavy (non-hydrogen) atoms. The van der Waals surface area contributed by atoms with Crippen molar-refractivity contribution < 1.29 is 9.53 Å². The molecule has 2 aromatic carbocycles. The Morgan fingerprint density at radius 3 is 2.46 bits per heavy atom. The zero-order valence-corrected chi connectivity index (χ0v) is 16.5. The maximum Gasteiger partial charge on any atom is 0.223 e. The number of carbonyl (C=O) groups is 1. The van der Waals surface area contributed by atoms with Crippen molar-refractivity contribution in [3.63, 3.8) is 0 Å². The monoisotopic (exact) mass is 377 g/mol. The minimum atomic E-state index is -0.496. The van der Waals surface area contributed by atoms with Gasteiger partial charge in [-0.1, -0.05) is 18.2 Å². The van der Waals surface area contributed by atoms with E-state index in [0.29, 0.717) is 18.0 Å². The summed E-state index contributed by atoms with van der Waals surface area (Å²) >= 11 is 0. The molecule has 3 rings (SSSR count). The van der Waals surface area contributed by atoms with Crippen LogP contribution in [0.4, 0.5) is 0 Å². The number of amides is 1. The van der Waals surface area contributed by atoms with Gasteiger partial charge in [0.15, 0.2) is 0 Å². The summed E-state index contributed by atoms with van der Waals surface area (Å²) in [6.07, 6.45) is 4.14. The van der Waals surface area contributed by atoms with Crippen LogP contribution in [0.5, 0.6) is 5.75 Å². The van der Waals surface area contributed by atoms with Gasteiger partial charge in [0.25, 0.3) is 0 Å². The number of hydrogen-bond donors (Lipinski definition) is 2. The van der Waals surface area contributed by atoms with Gasteiger partial charge in [-0.15, -0.1) is 0 Å². The molecule has 0 saturated heterocycles. The molecule has 1 aliphatic carbocycles. The third-order valence-corrected chi connectivity index (χ3v) is 6.01. The van der Waals surface area contributed by atoms with Gasteiger partial charge < -0.3 is 15.8 Å². The van der Waals surface area contributed by atoms with E-state index in [-0.39, 0.29) is 5.91 Å². The number of nitrogens with one attached hydrogen (secondary N) is 1. The van der Waals surface area contributed by atoms with Crippen LogP contribution in [0.25, 0.3) is 11.1 Å². The number of carbonyl (C=O) groups excluding carboxylic acids is 1. The predicted molar refractivity (Wildman–Crippen MR) is 110 cm³/mol. The Bertz CT molecular complexity index is 876. The number of nitriles is 1. The van der Waals surface area contributed by atoms with E-state index in [9.17, 15) is 4.79 Å². The fraction of sp³-hybridized carbons (Fsp3) is 0.391. The lowest BCUT2D eigenvalue weighted by Crippen LogP contribution is -2.45. The molecule has 0 bridgehead atoms. The van der Waals surface area contributed by atoms with E-state index in [1.807, 2.05) is 31.3 Å². The fourth-order valence-corrected chi connectivity index (χ4v) is 4.18. The Labute approximate surface area is 166 Å². The van der Waals surface area contributed by atoms with Gasteiger partial charge in [0, 0.05) is 11.6 Å². The van der Waals surface area contributed by atoms with Crippen molar-refractivity contribution in [3.8, 4) is 22.9 Å². The predicted octanol–water partition coefficient (Wildman–Crippen LogP) is 3.41. The summed E-state index contributed by atoms with van der Waals surface area (Å²) in [4.78, 5) is 12.4. The lowest BCUT2D eigenvalue weighted by Gasteiger charge is -2.38. The average molecular weight is 377 g/mol. The molecular weight excluding hydrogens is 350 g/mol. The molecule has 146 valence electrons. The Balaban J connectivity index is 1.92. The zero-order valence-electron chi connectivity index (χ0n) is 16.5. The molecular formula is C23H27N3O2. The van der Waals surface area contributed by atoms with Crippen LogP contribution >= 0.6 is 0 Å². The maximum absolute atomic E-state index is 12.4. The Kier molecular flexibility index (Phi) is 6.01. The second-order valence-corrected chi connectivity index (χ2v) is 7.61. The van der Waals surface area contributed by atoms with Crippen molar-refractivity contribution >= 4 is 5.91 Å². The van der Waals surface area contributed by atoms with Crippen LogP contribution in [0.15, 0.2) is 42.5 Å². The largest absolute Gasteiger partial charge is 0.496 e. The van der Waals surface area contributed by atoms with E-state index < -0.39 is 5.41 Å². The fourth-order valence-electron chi connectivity index (χ4n) is 4.18. The van der Waals surface area contributed by atoms with Crippen LogP contribution in [0.3, 0.4) is 0 Å². The topological polar surface area (TPSA) is 88.1 Å². The Hall–Kier alpha value is -2.84. The summed E-state index contributed by atoms with van der Waals surface area (Å²) in [6.45, 7) is 0. The quantitative estimate of drug-likeness (QED) is 0.807. The number of hydrogen-bond acceptors (Lipinski definition) is 4. The van der Waals surface area contributed by atoms with Crippen LogP contribution in [-0.4, -0.2) is 26.1 Å². The number of rotatable bonds is 6. The minimum absolute atomic E-state index is 0.210. The van der Waals surface area contributed by atoms with E-state index in [4.69, 9.17) is 15.7 Å². The first kappa shape index (κ1) is 19.9. The van der Waals surface area contributed by atoms with Crippen molar-refractivity contribution in [3.05, 3.63) is 53.6 Å². The van der Waals surface area contributed by atoms with Crippen molar-refractivity contribution in [2.45, 2.75) is 38.1 Å². The molecule has 5 nitrogen and oxygen atoms in total. The SMILES string of the molecule is CNC1CCC(Cc2ccc(OC)c(-c3ccc(C#N)cc3)c2)(C(N)=O)CC1. The molecule has 0 aromatic heterocycles. The van der Waals surface area contributed by atoms with E-state index in [1.54, 1.807) is 19.2 Å². The number of methoxy groups -OCH3 is 1. The van der Waals surface area contributed by atoms with Crippen LogP contribution < -0.4 is 15.8 Å². The van der Waals surface area contributed by atoms with Crippen LogP contribution in [0, 0.1) is 16.7 Å². The third-order valence-electron chi connectivity index (χ3n) is 6.01. The smallest absolute Gasteiger partial charge is 0.223 e. The molecule has 3 N–H and O–H groups in total. The van der Waals surface area contributed by atoms with Crippen molar-refractivity contribution in [2.24, 2.45) is 11.1 Å². The van der Waals surface area contributed by atoms with Gasteiger partial charge in [0.05, 0.1) is 24.2 Å². The van der Waals surface area contributed by atoms with E-state index in [2.05, 4.69) is 17.5 Å². The average Bonchev–Trinajstić information content (AvgIpc) is 2.74. The lowest BCUT2D eigenvalue weighted by molar-refractivity contribution is -0.129. The molecule has 5 heteroatoms. The van der Waals surface area contributed by atoms with Crippen molar-refractivity contribution in [2.75, 3.05) is 14.2 Å². The van der Waals surface area contributed by atoms with E-state index in [0.717, 1.165) is 48.1 Å². The molecule has 0 aliphatic heterocycles. The Morgan fingerprint density at radius 1 is 1.25 bits per heavy atom. The van der Waals surface area contributed by atoms with Gasteiger partial charge in [-0.05, 0) is 74.5 Å². The molecule has 0 spiro atoms. The highest BCUT2D eigenvalue weighted by molar-refractivity contribution is 5.81. The number of nitrogens with zero attached hydrogens (tertiary/aromatic N) is 1. The number of primary amides is 1. The summed E-state index contributed by atoms with van der Waals surface area (Å²) in [5.74, 6) is 0.554. The summed E-state index contributed by atoms with van der Waals surface area (Å²) < 4.78 is 5.54. The third kappa shape index (κ3) is 4.02. The first-order chi connectivity index (χ1) is 13.5. The Morgan fingerprint density at radius 2 is 1.93 bits per heavy atom. The molecule has 0 heterocycles. The summed E-state index contributed by atoms with van der Waals surface area (Å²) in [5.41, 5.74) is 8.98. The molecule has 1 saturated carbocycles. The first-order valence-corrected chi connectivity index (χ1v) is 9.66. The number of nitrogens with two attached hydrogens (primary N) is 1. The molecule has 0 radical (unpaired) electrons. The highest BCUT2D eigenvalue weighted by atomic mass is 16.5. The molecule has 1 aliphatic rings. The number of benzene rings is 2. The zero-order chi connectivity index (χ0) is 20.1. The summed E-state index contributed by atoms with van der Waals surface area (Å²) in [7, 11) is 3.61. The van der Waals surface area contributed by atoms with Crippen LogP contribution in [-0.2, 0) is 11.2 Å². The second kappa shape index (κ2) is 8.45.